The van der Waals surface area contributed by atoms with Crippen LogP contribution in [0.3, 0.4) is 0 Å². The molecule has 3 rings (SSSR count). The molecule has 4 heteroatoms. The van der Waals surface area contributed by atoms with Crippen molar-refractivity contribution in [1.29, 1.82) is 0 Å². The maximum absolute atomic E-state index is 12.3. The van der Waals surface area contributed by atoms with Crippen molar-refractivity contribution in [3.05, 3.63) is 60.1 Å². The molecule has 1 aromatic carbocycles. The molecule has 1 aliphatic heterocycles. The molecule has 1 amide bonds. The smallest absolute Gasteiger partial charge is 0.237 e. The summed E-state index contributed by atoms with van der Waals surface area (Å²) in [7, 11) is 0. The van der Waals surface area contributed by atoms with Gasteiger partial charge in [0.15, 0.2) is 0 Å². The minimum Gasteiger partial charge on any atom is -0.467 e. The van der Waals surface area contributed by atoms with E-state index in [0.717, 1.165) is 31.7 Å². The van der Waals surface area contributed by atoms with E-state index in [1.54, 1.807) is 6.26 Å². The van der Waals surface area contributed by atoms with Crippen molar-refractivity contribution in [2.24, 2.45) is 0 Å². The van der Waals surface area contributed by atoms with Crippen LogP contribution in [0.5, 0.6) is 0 Å². The standard InChI is InChI=1S/C17H20N2O2/c20-17(18-12-15-8-5-11-21-15)16-9-4-10-19(16)13-14-6-2-1-3-7-14/h1-3,5-8,11,16H,4,9-10,12-13H2,(H,18,20). The molecule has 1 fully saturated rings. The molecule has 110 valence electrons. The maximum Gasteiger partial charge on any atom is 0.237 e. The zero-order valence-electron chi connectivity index (χ0n) is 12.0. The van der Waals surface area contributed by atoms with Gasteiger partial charge < -0.3 is 9.73 Å². The van der Waals surface area contributed by atoms with Crippen molar-refractivity contribution in [2.45, 2.75) is 32.0 Å². The Morgan fingerprint density at radius 2 is 2.10 bits per heavy atom. The fourth-order valence-corrected chi connectivity index (χ4v) is 2.84. The topological polar surface area (TPSA) is 45.5 Å². The van der Waals surface area contributed by atoms with Crippen LogP contribution < -0.4 is 5.32 Å². The third-order valence-corrected chi connectivity index (χ3v) is 3.91. The fraction of sp³-hybridized carbons (Fsp3) is 0.353. The molecule has 2 heterocycles. The van der Waals surface area contributed by atoms with Crippen LogP contribution in [-0.4, -0.2) is 23.4 Å². The van der Waals surface area contributed by atoms with Crippen molar-refractivity contribution >= 4 is 5.91 Å². The Morgan fingerprint density at radius 1 is 1.24 bits per heavy atom. The summed E-state index contributed by atoms with van der Waals surface area (Å²) in [6.45, 7) is 2.27. The second-order valence-electron chi connectivity index (χ2n) is 5.41. The van der Waals surface area contributed by atoms with Gasteiger partial charge in [0.2, 0.25) is 5.91 Å². The van der Waals surface area contributed by atoms with Gasteiger partial charge in [-0.3, -0.25) is 9.69 Å². The van der Waals surface area contributed by atoms with E-state index in [9.17, 15) is 4.79 Å². The molecule has 1 atom stereocenters. The molecule has 1 saturated heterocycles. The van der Waals surface area contributed by atoms with E-state index in [2.05, 4.69) is 22.3 Å². The van der Waals surface area contributed by atoms with Gasteiger partial charge in [0.25, 0.3) is 0 Å². The second kappa shape index (κ2) is 6.59. The van der Waals surface area contributed by atoms with E-state index in [4.69, 9.17) is 4.42 Å². The molecule has 4 nitrogen and oxygen atoms in total. The number of furan rings is 1. The lowest BCUT2D eigenvalue weighted by Gasteiger charge is -2.23. The largest absolute Gasteiger partial charge is 0.467 e. The number of rotatable bonds is 5. The molecular weight excluding hydrogens is 264 g/mol. The lowest BCUT2D eigenvalue weighted by molar-refractivity contribution is -0.125. The van der Waals surface area contributed by atoms with E-state index < -0.39 is 0 Å². The molecule has 2 aromatic rings. The zero-order valence-corrected chi connectivity index (χ0v) is 12.0. The van der Waals surface area contributed by atoms with Crippen molar-refractivity contribution in [3.63, 3.8) is 0 Å². The van der Waals surface area contributed by atoms with Crippen molar-refractivity contribution in [1.82, 2.24) is 10.2 Å². The monoisotopic (exact) mass is 284 g/mol. The molecule has 0 radical (unpaired) electrons. The van der Waals surface area contributed by atoms with E-state index in [1.165, 1.54) is 5.56 Å². The number of hydrogen-bond donors (Lipinski definition) is 1. The maximum atomic E-state index is 12.3. The first-order valence-electron chi connectivity index (χ1n) is 7.41. The quantitative estimate of drug-likeness (QED) is 0.918. The molecule has 1 aliphatic rings. The third-order valence-electron chi connectivity index (χ3n) is 3.91. The average Bonchev–Trinajstić information content (AvgIpc) is 3.17. The van der Waals surface area contributed by atoms with Gasteiger partial charge >= 0.3 is 0 Å². The molecular formula is C17H20N2O2. The predicted molar refractivity (Wildman–Crippen MR) is 80.4 cm³/mol. The third kappa shape index (κ3) is 3.52. The minimum atomic E-state index is -0.0276. The summed E-state index contributed by atoms with van der Waals surface area (Å²) in [6.07, 6.45) is 3.63. The van der Waals surface area contributed by atoms with E-state index in [0.29, 0.717) is 6.54 Å². The van der Waals surface area contributed by atoms with Gasteiger partial charge in [0.05, 0.1) is 18.8 Å². The molecule has 1 unspecified atom stereocenters. The normalized spacial score (nSPS) is 18.8. The Hall–Kier alpha value is -2.07. The first-order chi connectivity index (χ1) is 10.3. The van der Waals surface area contributed by atoms with Gasteiger partial charge in [0, 0.05) is 6.54 Å². The van der Waals surface area contributed by atoms with Crippen LogP contribution in [0.4, 0.5) is 0 Å². The molecule has 1 N–H and O–H groups in total. The SMILES string of the molecule is O=C(NCc1ccco1)C1CCCN1Cc1ccccc1. The van der Waals surface area contributed by atoms with E-state index >= 15 is 0 Å². The number of carbonyl (C=O) groups excluding carboxylic acids is 1. The van der Waals surface area contributed by atoms with Crippen LogP contribution >= 0.6 is 0 Å². The van der Waals surface area contributed by atoms with Gasteiger partial charge in [-0.05, 0) is 37.1 Å². The predicted octanol–water partition coefficient (Wildman–Crippen LogP) is 2.56. The Balaban J connectivity index is 1.57. The lowest BCUT2D eigenvalue weighted by atomic mass is 10.1. The highest BCUT2D eigenvalue weighted by Gasteiger charge is 2.30. The van der Waals surface area contributed by atoms with Crippen molar-refractivity contribution in [2.75, 3.05) is 6.54 Å². The zero-order chi connectivity index (χ0) is 14.5. The summed E-state index contributed by atoms with van der Waals surface area (Å²) in [6, 6.07) is 14.0. The molecule has 0 bridgehead atoms. The number of nitrogens with zero attached hydrogens (tertiary/aromatic N) is 1. The molecule has 0 saturated carbocycles. The van der Waals surface area contributed by atoms with Gasteiger partial charge in [-0.1, -0.05) is 30.3 Å². The van der Waals surface area contributed by atoms with Gasteiger partial charge in [0.1, 0.15) is 5.76 Å². The number of hydrogen-bond acceptors (Lipinski definition) is 3. The van der Waals surface area contributed by atoms with Crippen LogP contribution in [0, 0.1) is 0 Å². The highest BCUT2D eigenvalue weighted by Crippen LogP contribution is 2.20. The lowest BCUT2D eigenvalue weighted by Crippen LogP contribution is -2.42. The average molecular weight is 284 g/mol. The summed E-state index contributed by atoms with van der Waals surface area (Å²) < 4.78 is 5.24. The number of benzene rings is 1. The Kier molecular flexibility index (Phi) is 4.36. The molecule has 0 aliphatic carbocycles. The highest BCUT2D eigenvalue weighted by molar-refractivity contribution is 5.81. The number of amides is 1. The van der Waals surface area contributed by atoms with Gasteiger partial charge in [-0.2, -0.15) is 0 Å². The van der Waals surface area contributed by atoms with Crippen LogP contribution in [0.25, 0.3) is 0 Å². The molecule has 21 heavy (non-hydrogen) atoms. The minimum absolute atomic E-state index is 0.0276. The number of carbonyl (C=O) groups is 1. The Bertz CT molecular complexity index is 566. The summed E-state index contributed by atoms with van der Waals surface area (Å²) in [5, 5.41) is 2.97. The Morgan fingerprint density at radius 3 is 2.86 bits per heavy atom. The molecule has 1 aromatic heterocycles. The first kappa shape index (κ1) is 13.9. The van der Waals surface area contributed by atoms with Crippen LogP contribution in [0.2, 0.25) is 0 Å². The second-order valence-corrected chi connectivity index (χ2v) is 5.41. The van der Waals surface area contributed by atoms with Crippen LogP contribution in [-0.2, 0) is 17.9 Å². The number of likely N-dealkylation sites (tertiary alicyclic amines) is 1. The highest BCUT2D eigenvalue weighted by atomic mass is 16.3. The van der Waals surface area contributed by atoms with E-state index in [-0.39, 0.29) is 11.9 Å². The first-order valence-corrected chi connectivity index (χ1v) is 7.41. The summed E-state index contributed by atoms with van der Waals surface area (Å²) >= 11 is 0. The van der Waals surface area contributed by atoms with Crippen LogP contribution in [0.1, 0.15) is 24.2 Å². The fourth-order valence-electron chi connectivity index (χ4n) is 2.84. The molecule has 0 spiro atoms. The van der Waals surface area contributed by atoms with Crippen molar-refractivity contribution < 1.29 is 9.21 Å². The Labute approximate surface area is 124 Å². The number of nitrogens with one attached hydrogen (secondary N) is 1. The summed E-state index contributed by atoms with van der Waals surface area (Å²) in [5.41, 5.74) is 1.25. The van der Waals surface area contributed by atoms with Crippen LogP contribution in [0.15, 0.2) is 53.1 Å². The van der Waals surface area contributed by atoms with Gasteiger partial charge in [-0.25, -0.2) is 0 Å². The van der Waals surface area contributed by atoms with Crippen molar-refractivity contribution in [3.8, 4) is 0 Å². The summed E-state index contributed by atoms with van der Waals surface area (Å²) in [4.78, 5) is 14.6. The summed E-state index contributed by atoms with van der Waals surface area (Å²) in [5.74, 6) is 0.885. The van der Waals surface area contributed by atoms with E-state index in [1.807, 2.05) is 30.3 Å². The van der Waals surface area contributed by atoms with Gasteiger partial charge in [-0.15, -0.1) is 0 Å².